The topological polar surface area (TPSA) is 43.8 Å². The second kappa shape index (κ2) is 4.10. The smallest absolute Gasteiger partial charge is 0.153 e. The molecule has 3 aromatic rings. The molecular weight excluding hydrogens is 254 g/mol. The molecule has 0 radical (unpaired) electrons. The van der Waals surface area contributed by atoms with Gasteiger partial charge in [0.25, 0.3) is 0 Å². The predicted molar refractivity (Wildman–Crippen MR) is 82.5 cm³/mol. The maximum atomic E-state index is 6.06. The van der Waals surface area contributed by atoms with Crippen LogP contribution in [0.4, 0.5) is 5.69 Å². The number of aromatic nitrogens is 2. The average Bonchev–Trinajstić information content (AvgIpc) is 2.90. The van der Waals surface area contributed by atoms with Crippen LogP contribution in [0.1, 0.15) is 20.8 Å². The van der Waals surface area contributed by atoms with E-state index in [0.717, 1.165) is 27.4 Å². The molecule has 0 unspecified atom stereocenters. The Labute approximate surface area is 116 Å². The van der Waals surface area contributed by atoms with Crippen LogP contribution in [-0.2, 0) is 5.54 Å². The Morgan fingerprint density at radius 3 is 2.53 bits per heavy atom. The van der Waals surface area contributed by atoms with E-state index in [4.69, 9.17) is 10.7 Å². The van der Waals surface area contributed by atoms with Crippen molar-refractivity contribution in [3.63, 3.8) is 0 Å². The molecule has 1 aromatic carbocycles. The van der Waals surface area contributed by atoms with Gasteiger partial charge >= 0.3 is 0 Å². The average molecular weight is 271 g/mol. The normalized spacial score (nSPS) is 12.2. The molecule has 0 aliphatic rings. The number of fused-ring (bicyclic) bond motifs is 1. The minimum atomic E-state index is -0.0398. The molecular formula is C15H17N3S. The van der Waals surface area contributed by atoms with E-state index in [2.05, 4.69) is 31.4 Å². The summed E-state index contributed by atoms with van der Waals surface area (Å²) in [5.74, 6) is 0.959. The van der Waals surface area contributed by atoms with E-state index < -0.39 is 0 Å². The van der Waals surface area contributed by atoms with Gasteiger partial charge in [-0.05, 0) is 44.4 Å². The number of nitrogens with zero attached hydrogens (tertiary/aromatic N) is 2. The number of thiophene rings is 1. The van der Waals surface area contributed by atoms with Crippen molar-refractivity contribution >= 4 is 28.1 Å². The molecule has 3 rings (SSSR count). The zero-order chi connectivity index (χ0) is 13.6. The third-order valence-electron chi connectivity index (χ3n) is 3.13. The number of rotatable bonds is 1. The summed E-state index contributed by atoms with van der Waals surface area (Å²) >= 11 is 1.64. The quantitative estimate of drug-likeness (QED) is 0.724. The fourth-order valence-corrected chi connectivity index (χ4v) is 3.16. The van der Waals surface area contributed by atoms with Gasteiger partial charge in [0.1, 0.15) is 0 Å². The van der Waals surface area contributed by atoms with Gasteiger partial charge in [-0.2, -0.15) is 0 Å². The molecule has 2 heterocycles. The Morgan fingerprint density at radius 1 is 1.16 bits per heavy atom. The summed E-state index contributed by atoms with van der Waals surface area (Å²) in [5, 5.41) is 2.01. The highest BCUT2D eigenvalue weighted by Gasteiger charge is 2.23. The Bertz CT molecular complexity index is 731. The third kappa shape index (κ3) is 1.92. The van der Waals surface area contributed by atoms with E-state index in [1.807, 2.05) is 29.6 Å². The van der Waals surface area contributed by atoms with Crippen LogP contribution < -0.4 is 5.73 Å². The monoisotopic (exact) mass is 271 g/mol. The minimum absolute atomic E-state index is 0.0398. The standard InChI is InChI=1S/C15H17N3S/c1-15(2,3)18-12-7-5-4-6-11(12)17-14(18)13-10(16)8-9-19-13/h4-9H,16H2,1-3H3. The lowest BCUT2D eigenvalue weighted by atomic mass is 10.1. The van der Waals surface area contributed by atoms with Crippen LogP contribution in [0.25, 0.3) is 21.7 Å². The van der Waals surface area contributed by atoms with Crippen molar-refractivity contribution in [3.8, 4) is 10.7 Å². The number of hydrogen-bond acceptors (Lipinski definition) is 3. The van der Waals surface area contributed by atoms with E-state index in [1.54, 1.807) is 11.3 Å². The van der Waals surface area contributed by atoms with Crippen LogP contribution in [-0.4, -0.2) is 9.55 Å². The number of para-hydroxylation sites is 2. The summed E-state index contributed by atoms with van der Waals surface area (Å²) < 4.78 is 2.27. The van der Waals surface area contributed by atoms with Crippen molar-refractivity contribution in [2.24, 2.45) is 0 Å². The molecule has 2 N–H and O–H groups in total. The lowest BCUT2D eigenvalue weighted by molar-refractivity contribution is 0.413. The second-order valence-corrected chi connectivity index (χ2v) is 6.55. The largest absolute Gasteiger partial charge is 0.397 e. The molecule has 0 atom stereocenters. The molecule has 19 heavy (non-hydrogen) atoms. The highest BCUT2D eigenvalue weighted by molar-refractivity contribution is 7.14. The highest BCUT2D eigenvalue weighted by atomic mass is 32.1. The third-order valence-corrected chi connectivity index (χ3v) is 4.06. The fourth-order valence-electron chi connectivity index (χ4n) is 2.36. The Hall–Kier alpha value is -1.81. The summed E-state index contributed by atoms with van der Waals surface area (Å²) in [4.78, 5) is 5.82. The number of nitrogens with two attached hydrogens (primary N) is 1. The Morgan fingerprint density at radius 2 is 1.89 bits per heavy atom. The molecule has 0 amide bonds. The minimum Gasteiger partial charge on any atom is -0.397 e. The second-order valence-electron chi connectivity index (χ2n) is 5.64. The van der Waals surface area contributed by atoms with Gasteiger partial charge in [-0.3, -0.25) is 0 Å². The maximum Gasteiger partial charge on any atom is 0.153 e. The van der Waals surface area contributed by atoms with Crippen LogP contribution in [0.5, 0.6) is 0 Å². The van der Waals surface area contributed by atoms with Crippen molar-refractivity contribution in [1.82, 2.24) is 9.55 Å². The van der Waals surface area contributed by atoms with Crippen molar-refractivity contribution in [3.05, 3.63) is 35.7 Å². The molecule has 0 saturated carbocycles. The molecule has 2 aromatic heterocycles. The first-order chi connectivity index (χ1) is 8.98. The lowest BCUT2D eigenvalue weighted by Gasteiger charge is -2.24. The zero-order valence-electron chi connectivity index (χ0n) is 11.3. The Balaban J connectivity index is 2.39. The van der Waals surface area contributed by atoms with Crippen molar-refractivity contribution in [2.45, 2.75) is 26.3 Å². The van der Waals surface area contributed by atoms with Crippen LogP contribution >= 0.6 is 11.3 Å². The van der Waals surface area contributed by atoms with Crippen molar-refractivity contribution in [1.29, 1.82) is 0 Å². The first kappa shape index (κ1) is 12.2. The first-order valence-electron chi connectivity index (χ1n) is 6.30. The van der Waals surface area contributed by atoms with E-state index in [0.29, 0.717) is 0 Å². The summed E-state index contributed by atoms with van der Waals surface area (Å²) in [6.45, 7) is 6.57. The lowest BCUT2D eigenvalue weighted by Crippen LogP contribution is -2.22. The predicted octanol–water partition coefficient (Wildman–Crippen LogP) is 4.10. The summed E-state index contributed by atoms with van der Waals surface area (Å²) in [5.41, 5.74) is 8.99. The molecule has 0 fully saturated rings. The van der Waals surface area contributed by atoms with Crippen LogP contribution in [0, 0.1) is 0 Å². The van der Waals surface area contributed by atoms with Gasteiger partial charge in [0.05, 0.1) is 21.6 Å². The van der Waals surface area contributed by atoms with Gasteiger partial charge in [-0.15, -0.1) is 11.3 Å². The molecule has 3 nitrogen and oxygen atoms in total. The summed E-state index contributed by atoms with van der Waals surface area (Å²) in [6.07, 6.45) is 0. The molecule has 98 valence electrons. The highest BCUT2D eigenvalue weighted by Crippen LogP contribution is 2.36. The van der Waals surface area contributed by atoms with E-state index in [-0.39, 0.29) is 5.54 Å². The van der Waals surface area contributed by atoms with Crippen molar-refractivity contribution in [2.75, 3.05) is 5.73 Å². The zero-order valence-corrected chi connectivity index (χ0v) is 12.2. The molecule has 0 aliphatic carbocycles. The molecule has 0 bridgehead atoms. The van der Waals surface area contributed by atoms with Crippen LogP contribution in [0.15, 0.2) is 35.7 Å². The number of hydrogen-bond donors (Lipinski definition) is 1. The van der Waals surface area contributed by atoms with E-state index >= 15 is 0 Å². The van der Waals surface area contributed by atoms with Crippen LogP contribution in [0.2, 0.25) is 0 Å². The molecule has 0 aliphatic heterocycles. The van der Waals surface area contributed by atoms with Gasteiger partial charge in [-0.1, -0.05) is 12.1 Å². The van der Waals surface area contributed by atoms with E-state index in [9.17, 15) is 0 Å². The number of nitrogen functional groups attached to an aromatic ring is 1. The number of imidazole rings is 1. The fraction of sp³-hybridized carbons (Fsp3) is 0.267. The van der Waals surface area contributed by atoms with E-state index in [1.165, 1.54) is 0 Å². The van der Waals surface area contributed by atoms with Gasteiger partial charge in [-0.25, -0.2) is 4.98 Å². The number of anilines is 1. The first-order valence-corrected chi connectivity index (χ1v) is 7.18. The van der Waals surface area contributed by atoms with Crippen LogP contribution in [0.3, 0.4) is 0 Å². The SMILES string of the molecule is CC(C)(C)n1c(-c2sccc2N)nc2ccccc21. The summed E-state index contributed by atoms with van der Waals surface area (Å²) in [7, 11) is 0. The van der Waals surface area contributed by atoms with Crippen molar-refractivity contribution < 1.29 is 0 Å². The number of benzene rings is 1. The van der Waals surface area contributed by atoms with Gasteiger partial charge < -0.3 is 10.3 Å². The molecule has 0 saturated heterocycles. The molecule has 0 spiro atoms. The Kier molecular flexibility index (Phi) is 2.64. The summed E-state index contributed by atoms with van der Waals surface area (Å²) in [6, 6.07) is 10.2. The maximum absolute atomic E-state index is 6.06. The van der Waals surface area contributed by atoms with Gasteiger partial charge in [0, 0.05) is 5.54 Å². The van der Waals surface area contributed by atoms with Gasteiger partial charge in [0.2, 0.25) is 0 Å². The molecule has 4 heteroatoms. The van der Waals surface area contributed by atoms with Gasteiger partial charge in [0.15, 0.2) is 5.82 Å².